The number of carboxylic acids is 1. The molecule has 1 amide bonds. The summed E-state index contributed by atoms with van der Waals surface area (Å²) < 4.78 is 12.7. The van der Waals surface area contributed by atoms with E-state index in [-0.39, 0.29) is 24.6 Å². The molecular formula is C17H19N3O5. The summed E-state index contributed by atoms with van der Waals surface area (Å²) in [5.74, 6) is 0.0618. The van der Waals surface area contributed by atoms with Crippen LogP contribution in [0.4, 0.5) is 5.82 Å². The Labute approximate surface area is 144 Å². The van der Waals surface area contributed by atoms with Gasteiger partial charge in [-0.1, -0.05) is 12.1 Å². The van der Waals surface area contributed by atoms with Gasteiger partial charge in [-0.25, -0.2) is 0 Å². The number of aliphatic carboxylic acids is 1. The van der Waals surface area contributed by atoms with E-state index in [0.717, 1.165) is 12.0 Å². The fourth-order valence-corrected chi connectivity index (χ4v) is 2.68. The van der Waals surface area contributed by atoms with Gasteiger partial charge in [0.25, 0.3) is 5.91 Å². The first kappa shape index (κ1) is 16.8. The number of carbonyl (C=O) groups is 2. The SMILES string of the molecule is CC1(C)Cc2cccc(OCC(=O)Nc3ccn(CC(=O)O)n3)c2O1. The highest BCUT2D eigenvalue weighted by Gasteiger charge is 2.32. The topological polar surface area (TPSA) is 103 Å². The van der Waals surface area contributed by atoms with Crippen LogP contribution in [0, 0.1) is 0 Å². The molecule has 1 aliphatic rings. The minimum atomic E-state index is -1.01. The number of nitrogens with zero attached hydrogens (tertiary/aromatic N) is 2. The molecule has 132 valence electrons. The zero-order chi connectivity index (χ0) is 18.0. The fourth-order valence-electron chi connectivity index (χ4n) is 2.68. The van der Waals surface area contributed by atoms with Crippen molar-refractivity contribution in [3.8, 4) is 11.5 Å². The van der Waals surface area contributed by atoms with Crippen molar-refractivity contribution in [3.63, 3.8) is 0 Å². The molecule has 8 nitrogen and oxygen atoms in total. The highest BCUT2D eigenvalue weighted by Crippen LogP contribution is 2.41. The number of nitrogens with one attached hydrogen (secondary N) is 1. The molecule has 0 atom stereocenters. The van der Waals surface area contributed by atoms with Crippen LogP contribution in [0.2, 0.25) is 0 Å². The van der Waals surface area contributed by atoms with Crippen molar-refractivity contribution in [3.05, 3.63) is 36.0 Å². The van der Waals surface area contributed by atoms with Gasteiger partial charge < -0.3 is 19.9 Å². The average molecular weight is 345 g/mol. The lowest BCUT2D eigenvalue weighted by Gasteiger charge is -2.18. The van der Waals surface area contributed by atoms with Gasteiger partial charge in [0.2, 0.25) is 0 Å². The lowest BCUT2D eigenvalue weighted by molar-refractivity contribution is -0.137. The van der Waals surface area contributed by atoms with Crippen LogP contribution in [0.15, 0.2) is 30.5 Å². The number of benzene rings is 1. The Kier molecular flexibility index (Phi) is 4.35. The molecule has 0 saturated carbocycles. The molecule has 0 saturated heterocycles. The molecule has 2 N–H and O–H groups in total. The molecule has 2 aromatic rings. The summed E-state index contributed by atoms with van der Waals surface area (Å²) in [4.78, 5) is 22.6. The first-order valence-corrected chi connectivity index (χ1v) is 7.81. The monoisotopic (exact) mass is 345 g/mol. The molecule has 1 aliphatic heterocycles. The predicted octanol–water partition coefficient (Wildman–Crippen LogP) is 1.70. The number of fused-ring (bicyclic) bond motifs is 1. The number of anilines is 1. The van der Waals surface area contributed by atoms with Crippen molar-refractivity contribution in [2.24, 2.45) is 0 Å². The summed E-state index contributed by atoms with van der Waals surface area (Å²) in [6.07, 6.45) is 2.26. The Morgan fingerprint density at radius 2 is 2.20 bits per heavy atom. The fraction of sp³-hybridized carbons (Fsp3) is 0.353. The van der Waals surface area contributed by atoms with Gasteiger partial charge in [0.05, 0.1) is 0 Å². The number of carbonyl (C=O) groups excluding carboxylic acids is 1. The van der Waals surface area contributed by atoms with Crippen molar-refractivity contribution in [2.75, 3.05) is 11.9 Å². The number of rotatable bonds is 6. The maximum atomic E-state index is 12.0. The van der Waals surface area contributed by atoms with Crippen LogP contribution < -0.4 is 14.8 Å². The van der Waals surface area contributed by atoms with Crippen molar-refractivity contribution in [1.29, 1.82) is 0 Å². The minimum Gasteiger partial charge on any atom is -0.483 e. The number of para-hydroxylation sites is 1. The van der Waals surface area contributed by atoms with Crippen molar-refractivity contribution in [2.45, 2.75) is 32.4 Å². The molecule has 3 rings (SSSR count). The van der Waals surface area contributed by atoms with Gasteiger partial charge in [-0.05, 0) is 19.9 Å². The third-order valence-corrected chi connectivity index (χ3v) is 3.62. The van der Waals surface area contributed by atoms with Crippen LogP contribution in [0.25, 0.3) is 0 Å². The van der Waals surface area contributed by atoms with Gasteiger partial charge in [-0.15, -0.1) is 0 Å². The summed E-state index contributed by atoms with van der Waals surface area (Å²) >= 11 is 0. The van der Waals surface area contributed by atoms with E-state index < -0.39 is 11.9 Å². The molecule has 2 heterocycles. The normalized spacial score (nSPS) is 14.5. The summed E-state index contributed by atoms with van der Waals surface area (Å²) in [6.45, 7) is 3.52. The molecule has 0 aliphatic carbocycles. The maximum absolute atomic E-state index is 12.0. The molecule has 0 unspecified atom stereocenters. The van der Waals surface area contributed by atoms with E-state index in [9.17, 15) is 9.59 Å². The minimum absolute atomic E-state index is 0.202. The Balaban J connectivity index is 1.58. The Morgan fingerprint density at radius 3 is 2.96 bits per heavy atom. The lowest BCUT2D eigenvalue weighted by Crippen LogP contribution is -2.25. The first-order valence-electron chi connectivity index (χ1n) is 7.81. The highest BCUT2D eigenvalue weighted by atomic mass is 16.5. The molecule has 0 spiro atoms. The Bertz CT molecular complexity index is 812. The predicted molar refractivity (Wildman–Crippen MR) is 88.8 cm³/mol. The van der Waals surface area contributed by atoms with Crippen LogP contribution in [0.3, 0.4) is 0 Å². The van der Waals surface area contributed by atoms with Crippen molar-refractivity contribution >= 4 is 17.7 Å². The smallest absolute Gasteiger partial charge is 0.325 e. The number of amides is 1. The summed E-state index contributed by atoms with van der Waals surface area (Å²) in [5.41, 5.74) is 0.761. The van der Waals surface area contributed by atoms with E-state index >= 15 is 0 Å². The van der Waals surface area contributed by atoms with Crippen LogP contribution >= 0.6 is 0 Å². The Hall–Kier alpha value is -3.03. The van der Waals surface area contributed by atoms with Crippen LogP contribution in [0.1, 0.15) is 19.4 Å². The quantitative estimate of drug-likeness (QED) is 0.826. The van der Waals surface area contributed by atoms with Gasteiger partial charge in [0.15, 0.2) is 23.9 Å². The summed E-state index contributed by atoms with van der Waals surface area (Å²) in [6, 6.07) is 7.12. The van der Waals surface area contributed by atoms with Gasteiger partial charge in [-0.3, -0.25) is 14.3 Å². The van der Waals surface area contributed by atoms with E-state index in [1.165, 1.54) is 16.9 Å². The molecule has 1 aromatic heterocycles. The van der Waals surface area contributed by atoms with E-state index in [4.69, 9.17) is 14.6 Å². The number of hydrogen-bond acceptors (Lipinski definition) is 5. The zero-order valence-corrected chi connectivity index (χ0v) is 14.0. The molecule has 8 heteroatoms. The second-order valence-corrected chi connectivity index (χ2v) is 6.41. The average Bonchev–Trinajstić information content (AvgIpc) is 3.06. The van der Waals surface area contributed by atoms with Crippen LogP contribution in [-0.4, -0.2) is 39.0 Å². The van der Waals surface area contributed by atoms with E-state index in [0.29, 0.717) is 11.5 Å². The third-order valence-electron chi connectivity index (χ3n) is 3.62. The molecule has 0 bridgehead atoms. The summed E-state index contributed by atoms with van der Waals surface area (Å²) in [7, 11) is 0. The molecular weight excluding hydrogens is 326 g/mol. The second kappa shape index (κ2) is 6.46. The number of ether oxygens (including phenoxy) is 2. The van der Waals surface area contributed by atoms with E-state index in [1.54, 1.807) is 6.07 Å². The third kappa shape index (κ3) is 4.09. The summed E-state index contributed by atoms with van der Waals surface area (Å²) in [5, 5.41) is 15.2. The van der Waals surface area contributed by atoms with E-state index in [1.807, 2.05) is 26.0 Å². The van der Waals surface area contributed by atoms with Gasteiger partial charge in [0, 0.05) is 24.2 Å². The highest BCUT2D eigenvalue weighted by molar-refractivity contribution is 5.91. The molecule has 1 aromatic carbocycles. The van der Waals surface area contributed by atoms with Crippen molar-refractivity contribution in [1.82, 2.24) is 9.78 Å². The van der Waals surface area contributed by atoms with Crippen molar-refractivity contribution < 1.29 is 24.2 Å². The zero-order valence-electron chi connectivity index (χ0n) is 14.0. The number of hydrogen-bond donors (Lipinski definition) is 2. The Morgan fingerprint density at radius 1 is 1.40 bits per heavy atom. The lowest BCUT2D eigenvalue weighted by atomic mass is 10.0. The number of aromatic nitrogens is 2. The molecule has 0 fully saturated rings. The van der Waals surface area contributed by atoms with Gasteiger partial charge in [0.1, 0.15) is 12.1 Å². The second-order valence-electron chi connectivity index (χ2n) is 6.41. The largest absolute Gasteiger partial charge is 0.483 e. The standard InChI is InChI=1S/C17H19N3O5/c1-17(2)8-11-4-3-5-12(16(11)25-17)24-10-14(21)18-13-6-7-20(19-13)9-15(22)23/h3-7H,8-10H2,1-2H3,(H,22,23)(H,18,19,21). The van der Waals surface area contributed by atoms with Crippen LogP contribution in [-0.2, 0) is 22.6 Å². The van der Waals surface area contributed by atoms with Gasteiger partial charge in [-0.2, -0.15) is 5.10 Å². The van der Waals surface area contributed by atoms with Crippen LogP contribution in [0.5, 0.6) is 11.5 Å². The molecule has 0 radical (unpaired) electrons. The molecule has 25 heavy (non-hydrogen) atoms. The van der Waals surface area contributed by atoms with Gasteiger partial charge >= 0.3 is 5.97 Å². The maximum Gasteiger partial charge on any atom is 0.325 e. The number of carboxylic acid groups (broad SMARTS) is 1. The van der Waals surface area contributed by atoms with E-state index in [2.05, 4.69) is 10.4 Å². The first-order chi connectivity index (χ1) is 11.8.